The Labute approximate surface area is 126 Å². The minimum absolute atomic E-state index is 0.411. The van der Waals surface area contributed by atoms with Gasteiger partial charge in [0.1, 0.15) is 5.69 Å². The summed E-state index contributed by atoms with van der Waals surface area (Å²) in [6.07, 6.45) is 3.06. The Balaban J connectivity index is 2.25. The zero-order chi connectivity index (χ0) is 15.4. The number of hydrogen-bond acceptors (Lipinski definition) is 4. The van der Waals surface area contributed by atoms with Crippen LogP contribution in [-0.4, -0.2) is 32.8 Å². The lowest BCUT2D eigenvalue weighted by Crippen LogP contribution is -2.22. The molecule has 1 unspecified atom stereocenters. The van der Waals surface area contributed by atoms with E-state index in [1.807, 2.05) is 19.3 Å². The lowest BCUT2D eigenvalue weighted by molar-refractivity contribution is 0.601. The van der Waals surface area contributed by atoms with Crippen LogP contribution in [0.2, 0.25) is 0 Å². The van der Waals surface area contributed by atoms with Gasteiger partial charge in [0.2, 0.25) is 0 Å². The molecule has 2 heterocycles. The number of nitrogens with one attached hydrogen (secondary N) is 1. The zero-order valence-electron chi connectivity index (χ0n) is 13.6. The Kier molecular flexibility index (Phi) is 5.07. The smallest absolute Gasteiger partial charge is 0.180 e. The summed E-state index contributed by atoms with van der Waals surface area (Å²) < 4.78 is 1.77. The largest absolute Gasteiger partial charge is 0.316 e. The fourth-order valence-corrected chi connectivity index (χ4v) is 2.68. The molecule has 0 fully saturated rings. The van der Waals surface area contributed by atoms with Crippen LogP contribution in [0.3, 0.4) is 0 Å². The van der Waals surface area contributed by atoms with E-state index in [-0.39, 0.29) is 0 Å². The molecule has 2 rings (SSSR count). The van der Waals surface area contributed by atoms with E-state index < -0.39 is 0 Å². The molecule has 1 atom stereocenters. The Morgan fingerprint density at radius 3 is 2.43 bits per heavy atom. The molecular formula is C16H25N5. The highest BCUT2D eigenvalue weighted by Gasteiger charge is 2.16. The predicted molar refractivity (Wildman–Crippen MR) is 85.3 cm³/mol. The van der Waals surface area contributed by atoms with Crippen LogP contribution >= 0.6 is 0 Å². The minimum Gasteiger partial charge on any atom is -0.316 e. The average molecular weight is 287 g/mol. The van der Waals surface area contributed by atoms with Crippen LogP contribution in [0.4, 0.5) is 0 Å². The molecule has 2 aromatic rings. The molecule has 5 nitrogen and oxygen atoms in total. The quantitative estimate of drug-likeness (QED) is 0.830. The van der Waals surface area contributed by atoms with Crippen molar-refractivity contribution >= 4 is 0 Å². The van der Waals surface area contributed by atoms with Gasteiger partial charge in [0.15, 0.2) is 5.82 Å². The first-order valence-electron chi connectivity index (χ1n) is 7.58. The second-order valence-electron chi connectivity index (χ2n) is 5.61. The number of nitrogens with zero attached hydrogens (tertiary/aromatic N) is 4. The highest BCUT2D eigenvalue weighted by Crippen LogP contribution is 2.23. The van der Waals surface area contributed by atoms with Crippen molar-refractivity contribution < 1.29 is 0 Å². The standard InChI is InChI=1S/C16H25N5/c1-6-8-17-10-11(2)15-12(3)18-16(19-13(15)4)14-7-9-21(5)20-14/h7,9,11,17H,6,8,10H2,1-5H3. The summed E-state index contributed by atoms with van der Waals surface area (Å²) in [7, 11) is 1.90. The fraction of sp³-hybridized carbons (Fsp3) is 0.562. The van der Waals surface area contributed by atoms with E-state index in [2.05, 4.69) is 48.1 Å². The Bertz CT molecular complexity index is 579. The van der Waals surface area contributed by atoms with Gasteiger partial charge in [-0.1, -0.05) is 13.8 Å². The molecule has 1 N–H and O–H groups in total. The van der Waals surface area contributed by atoms with Crippen LogP contribution in [0.25, 0.3) is 11.5 Å². The van der Waals surface area contributed by atoms with Crippen LogP contribution in [0, 0.1) is 13.8 Å². The molecule has 0 aromatic carbocycles. The van der Waals surface area contributed by atoms with Crippen molar-refractivity contribution in [1.82, 2.24) is 25.1 Å². The second-order valence-corrected chi connectivity index (χ2v) is 5.61. The van der Waals surface area contributed by atoms with E-state index in [1.54, 1.807) is 4.68 Å². The maximum absolute atomic E-state index is 4.65. The molecule has 0 amide bonds. The summed E-state index contributed by atoms with van der Waals surface area (Å²) in [6, 6.07) is 1.94. The van der Waals surface area contributed by atoms with Crippen molar-refractivity contribution in [2.45, 2.75) is 40.0 Å². The molecule has 0 aliphatic rings. The van der Waals surface area contributed by atoms with Gasteiger partial charge in [0.25, 0.3) is 0 Å². The molecule has 0 spiro atoms. The van der Waals surface area contributed by atoms with Gasteiger partial charge >= 0.3 is 0 Å². The maximum atomic E-state index is 4.65. The lowest BCUT2D eigenvalue weighted by atomic mass is 9.98. The average Bonchev–Trinajstić information content (AvgIpc) is 2.85. The third kappa shape index (κ3) is 3.67. The summed E-state index contributed by atoms with van der Waals surface area (Å²) in [6.45, 7) is 10.5. The molecular weight excluding hydrogens is 262 g/mol. The fourth-order valence-electron chi connectivity index (χ4n) is 2.68. The van der Waals surface area contributed by atoms with E-state index in [4.69, 9.17) is 0 Å². The van der Waals surface area contributed by atoms with Gasteiger partial charge in [-0.15, -0.1) is 0 Å². The normalized spacial score (nSPS) is 12.6. The minimum atomic E-state index is 0.411. The summed E-state index contributed by atoms with van der Waals surface area (Å²) >= 11 is 0. The third-order valence-corrected chi connectivity index (χ3v) is 3.64. The van der Waals surface area contributed by atoms with Crippen molar-refractivity contribution in [3.8, 4) is 11.5 Å². The Hall–Kier alpha value is -1.75. The molecule has 114 valence electrons. The van der Waals surface area contributed by atoms with E-state index in [9.17, 15) is 0 Å². The van der Waals surface area contributed by atoms with Crippen molar-refractivity contribution in [2.24, 2.45) is 7.05 Å². The van der Waals surface area contributed by atoms with Gasteiger partial charge in [0.05, 0.1) is 0 Å². The highest BCUT2D eigenvalue weighted by atomic mass is 15.3. The molecule has 0 radical (unpaired) electrons. The summed E-state index contributed by atoms with van der Waals surface area (Å²) in [5, 5.41) is 7.84. The number of aryl methyl sites for hydroxylation is 3. The van der Waals surface area contributed by atoms with Crippen molar-refractivity contribution in [3.05, 3.63) is 29.2 Å². The maximum Gasteiger partial charge on any atom is 0.180 e. The summed E-state index contributed by atoms with van der Waals surface area (Å²) in [5.74, 6) is 1.12. The Morgan fingerprint density at radius 1 is 1.24 bits per heavy atom. The third-order valence-electron chi connectivity index (χ3n) is 3.64. The molecule has 2 aromatic heterocycles. The van der Waals surface area contributed by atoms with Gasteiger partial charge in [-0.25, -0.2) is 9.97 Å². The molecule has 0 bridgehead atoms. The van der Waals surface area contributed by atoms with Crippen molar-refractivity contribution in [3.63, 3.8) is 0 Å². The molecule has 0 saturated heterocycles. The predicted octanol–water partition coefficient (Wildman–Crippen LogP) is 2.60. The molecule has 21 heavy (non-hydrogen) atoms. The van der Waals surface area contributed by atoms with Crippen LogP contribution in [0.1, 0.15) is 43.1 Å². The van der Waals surface area contributed by atoms with Crippen LogP contribution in [0.5, 0.6) is 0 Å². The van der Waals surface area contributed by atoms with E-state index in [0.717, 1.165) is 36.6 Å². The first-order chi connectivity index (χ1) is 10.0. The van der Waals surface area contributed by atoms with E-state index in [1.165, 1.54) is 5.56 Å². The van der Waals surface area contributed by atoms with Crippen molar-refractivity contribution in [1.29, 1.82) is 0 Å². The van der Waals surface area contributed by atoms with Gasteiger partial charge < -0.3 is 5.32 Å². The molecule has 0 aliphatic carbocycles. The van der Waals surface area contributed by atoms with Gasteiger partial charge in [-0.05, 0) is 44.4 Å². The highest BCUT2D eigenvalue weighted by molar-refractivity contribution is 5.50. The van der Waals surface area contributed by atoms with Crippen LogP contribution < -0.4 is 5.32 Å². The first kappa shape index (κ1) is 15.6. The second kappa shape index (κ2) is 6.80. The van der Waals surface area contributed by atoms with E-state index in [0.29, 0.717) is 11.7 Å². The zero-order valence-corrected chi connectivity index (χ0v) is 13.6. The number of hydrogen-bond donors (Lipinski definition) is 1. The summed E-state index contributed by atoms with van der Waals surface area (Å²) in [5.41, 5.74) is 4.17. The molecule has 5 heteroatoms. The number of aromatic nitrogens is 4. The van der Waals surface area contributed by atoms with Gasteiger partial charge in [-0.3, -0.25) is 4.68 Å². The van der Waals surface area contributed by atoms with Crippen LogP contribution in [0.15, 0.2) is 12.3 Å². The lowest BCUT2D eigenvalue weighted by Gasteiger charge is -2.17. The van der Waals surface area contributed by atoms with E-state index >= 15 is 0 Å². The van der Waals surface area contributed by atoms with Gasteiger partial charge in [0, 0.05) is 31.2 Å². The van der Waals surface area contributed by atoms with Crippen molar-refractivity contribution in [2.75, 3.05) is 13.1 Å². The SMILES string of the molecule is CCCNCC(C)c1c(C)nc(-c2ccn(C)n2)nc1C. The summed E-state index contributed by atoms with van der Waals surface area (Å²) in [4.78, 5) is 9.30. The Morgan fingerprint density at radius 2 is 1.90 bits per heavy atom. The topological polar surface area (TPSA) is 55.6 Å². The molecule has 0 aliphatic heterocycles. The van der Waals surface area contributed by atoms with Gasteiger partial charge in [-0.2, -0.15) is 5.10 Å². The number of rotatable bonds is 6. The molecule has 0 saturated carbocycles. The monoisotopic (exact) mass is 287 g/mol. The first-order valence-corrected chi connectivity index (χ1v) is 7.58. The van der Waals surface area contributed by atoms with Crippen LogP contribution in [-0.2, 0) is 7.05 Å².